The van der Waals surface area contributed by atoms with Crippen molar-refractivity contribution in [3.8, 4) is 17.2 Å². The number of hydrogen-bond acceptors (Lipinski definition) is 7. The van der Waals surface area contributed by atoms with Gasteiger partial charge in [0.15, 0.2) is 0 Å². The van der Waals surface area contributed by atoms with E-state index in [2.05, 4.69) is 4.98 Å². The van der Waals surface area contributed by atoms with Crippen LogP contribution in [-0.2, 0) is 22.5 Å². The zero-order chi connectivity index (χ0) is 26.7. The Morgan fingerprint density at radius 3 is 2.43 bits per heavy atom. The van der Waals surface area contributed by atoms with Crippen LogP contribution in [0.5, 0.6) is 17.2 Å². The van der Waals surface area contributed by atoms with Crippen LogP contribution < -0.4 is 15.9 Å². The monoisotopic (exact) mass is 504 g/mol. The van der Waals surface area contributed by atoms with E-state index >= 15 is 0 Å². The zero-order valence-corrected chi connectivity index (χ0v) is 20.8. The number of ether oxygens (including phenoxy) is 2. The summed E-state index contributed by atoms with van der Waals surface area (Å²) in [5.41, 5.74) is 1.07. The topological polar surface area (TPSA) is 131 Å². The number of carbonyl (C=O) groups excluding carboxylic acids is 1. The molecule has 0 aliphatic rings. The molecule has 4 aromatic rings. The minimum Gasteiger partial charge on any atom is -0.508 e. The van der Waals surface area contributed by atoms with Crippen molar-refractivity contribution in [3.63, 3.8) is 0 Å². The summed E-state index contributed by atoms with van der Waals surface area (Å²) in [5, 5.41) is 21.1. The number of benzene rings is 2. The number of rotatable bonds is 8. The number of carbonyl (C=O) groups is 1. The number of H-pyrrole nitrogens is 1. The molecule has 2 aromatic carbocycles. The molecule has 0 unspecified atom stereocenters. The van der Waals surface area contributed by atoms with E-state index in [4.69, 9.17) is 9.47 Å². The van der Waals surface area contributed by atoms with Crippen LogP contribution in [0.3, 0.4) is 0 Å². The predicted molar refractivity (Wildman–Crippen MR) is 139 cm³/mol. The maximum Gasteiger partial charge on any atom is 0.306 e. The lowest BCUT2D eigenvalue weighted by Crippen LogP contribution is -2.31. The van der Waals surface area contributed by atoms with Gasteiger partial charge >= 0.3 is 5.97 Å². The normalized spacial score (nSPS) is 11.9. The lowest BCUT2D eigenvalue weighted by atomic mass is 9.88. The van der Waals surface area contributed by atoms with Gasteiger partial charge in [-0.1, -0.05) is 12.1 Å². The highest BCUT2D eigenvalue weighted by molar-refractivity contribution is 5.81. The number of fused-ring (bicyclic) bond motifs is 1. The van der Waals surface area contributed by atoms with Crippen molar-refractivity contribution in [1.82, 2.24) is 9.55 Å². The van der Waals surface area contributed by atoms with Gasteiger partial charge in [0.1, 0.15) is 17.2 Å². The Morgan fingerprint density at radius 2 is 1.76 bits per heavy atom. The number of esters is 1. The summed E-state index contributed by atoms with van der Waals surface area (Å²) in [6, 6.07) is 14.9. The van der Waals surface area contributed by atoms with Crippen LogP contribution in [0.25, 0.3) is 10.9 Å². The molecule has 37 heavy (non-hydrogen) atoms. The van der Waals surface area contributed by atoms with Crippen molar-refractivity contribution in [2.45, 2.75) is 32.2 Å². The molecule has 0 saturated heterocycles. The van der Waals surface area contributed by atoms with Crippen LogP contribution in [0, 0.1) is 6.92 Å². The number of phenols is 1. The average Bonchev–Trinajstić information content (AvgIpc) is 2.88. The third kappa shape index (κ3) is 5.35. The van der Waals surface area contributed by atoms with Crippen molar-refractivity contribution < 1.29 is 24.5 Å². The second-order valence-corrected chi connectivity index (χ2v) is 8.80. The molecule has 0 saturated carbocycles. The van der Waals surface area contributed by atoms with E-state index in [1.807, 2.05) is 0 Å². The Hall–Kier alpha value is -4.53. The van der Waals surface area contributed by atoms with Gasteiger partial charge in [-0.05, 0) is 60.7 Å². The van der Waals surface area contributed by atoms with Crippen molar-refractivity contribution in [3.05, 3.63) is 97.7 Å². The quantitative estimate of drug-likeness (QED) is 0.314. The second-order valence-electron chi connectivity index (χ2n) is 8.80. The number of hydrogen-bond donors (Lipinski definition) is 3. The van der Waals surface area contributed by atoms with Gasteiger partial charge < -0.3 is 29.2 Å². The largest absolute Gasteiger partial charge is 0.508 e. The van der Waals surface area contributed by atoms with Gasteiger partial charge in [0.05, 0.1) is 31.7 Å². The molecule has 0 aliphatic carbocycles. The van der Waals surface area contributed by atoms with Crippen molar-refractivity contribution >= 4 is 16.9 Å². The lowest BCUT2D eigenvalue weighted by molar-refractivity contribution is -0.140. The lowest BCUT2D eigenvalue weighted by Gasteiger charge is -2.20. The Morgan fingerprint density at radius 1 is 1.03 bits per heavy atom. The average molecular weight is 505 g/mol. The van der Waals surface area contributed by atoms with Crippen molar-refractivity contribution in [1.29, 1.82) is 0 Å². The Bertz CT molecular complexity index is 1570. The van der Waals surface area contributed by atoms with Crippen LogP contribution in [0.4, 0.5) is 0 Å². The molecular formula is C28H28N2O7. The third-order valence-corrected chi connectivity index (χ3v) is 6.49. The fourth-order valence-electron chi connectivity index (χ4n) is 4.48. The summed E-state index contributed by atoms with van der Waals surface area (Å²) in [6.45, 7) is 1.99. The summed E-state index contributed by atoms with van der Waals surface area (Å²) in [7, 11) is 2.74. The summed E-state index contributed by atoms with van der Waals surface area (Å²) >= 11 is 0. The maximum atomic E-state index is 13.7. The number of aryl methyl sites for hydroxylation is 2. The summed E-state index contributed by atoms with van der Waals surface area (Å²) in [4.78, 5) is 42.1. The van der Waals surface area contributed by atoms with Crippen LogP contribution in [0.1, 0.15) is 34.7 Å². The molecule has 0 radical (unpaired) electrons. The van der Waals surface area contributed by atoms with Gasteiger partial charge in [0, 0.05) is 29.8 Å². The molecule has 2 aromatic heterocycles. The highest BCUT2D eigenvalue weighted by atomic mass is 16.5. The first-order valence-corrected chi connectivity index (χ1v) is 11.7. The first kappa shape index (κ1) is 25.6. The molecule has 4 rings (SSSR count). The molecule has 2 heterocycles. The van der Waals surface area contributed by atoms with E-state index < -0.39 is 23.0 Å². The molecule has 0 fully saturated rings. The van der Waals surface area contributed by atoms with E-state index in [0.717, 1.165) is 5.56 Å². The van der Waals surface area contributed by atoms with E-state index in [1.54, 1.807) is 55.5 Å². The predicted octanol–water partition coefficient (Wildman–Crippen LogP) is 3.36. The van der Waals surface area contributed by atoms with Crippen LogP contribution >= 0.6 is 0 Å². The van der Waals surface area contributed by atoms with Gasteiger partial charge in [-0.2, -0.15) is 0 Å². The van der Waals surface area contributed by atoms with Gasteiger partial charge in [0.25, 0.3) is 11.1 Å². The van der Waals surface area contributed by atoms with Crippen molar-refractivity contribution in [2.75, 3.05) is 14.2 Å². The zero-order valence-electron chi connectivity index (χ0n) is 20.8. The number of aromatic hydroxyl groups is 2. The summed E-state index contributed by atoms with van der Waals surface area (Å²) in [6.07, 6.45) is 0.177. The first-order chi connectivity index (χ1) is 17.7. The highest BCUT2D eigenvalue weighted by Crippen LogP contribution is 2.32. The molecular weight excluding hydrogens is 476 g/mol. The second kappa shape index (κ2) is 10.6. The molecule has 3 N–H and O–H groups in total. The smallest absolute Gasteiger partial charge is 0.306 e. The molecule has 192 valence electrons. The number of nitrogens with one attached hydrogen (secondary N) is 1. The van der Waals surface area contributed by atoms with E-state index in [9.17, 15) is 24.6 Å². The SMILES string of the molecule is COC(=O)C[C@@H](c1cc2ccc(OC)cc2[nH]c1=O)c1c(O)cc(C)n(CCc2ccc(O)cc2)c1=O. The molecule has 9 nitrogen and oxygen atoms in total. The number of aromatic amines is 1. The standard InChI is InChI=1S/C28H28N2O7/c1-16-12-24(32)26(28(35)30(16)11-10-17-4-7-19(31)8-5-17)21(15-25(33)37-3)22-13-18-6-9-20(36-2)14-23(18)29-27(22)34/h4-9,12-14,21,31-32H,10-11,15H2,1-3H3,(H,29,34)/t21-/m0/s1. The van der Waals surface area contributed by atoms with E-state index in [1.165, 1.54) is 24.9 Å². The fraction of sp³-hybridized carbons (Fsp3) is 0.250. The maximum absolute atomic E-state index is 13.7. The summed E-state index contributed by atoms with van der Waals surface area (Å²) in [5.74, 6) is -1.26. The van der Waals surface area contributed by atoms with E-state index in [-0.39, 0.29) is 29.0 Å². The van der Waals surface area contributed by atoms with Gasteiger partial charge in [-0.3, -0.25) is 14.4 Å². The number of phenolic OH excluding ortho intramolecular Hbond substituents is 1. The molecule has 0 bridgehead atoms. The summed E-state index contributed by atoms with van der Waals surface area (Å²) < 4.78 is 11.6. The Labute approximate surface area is 212 Å². The van der Waals surface area contributed by atoms with Crippen LogP contribution in [0.15, 0.2) is 64.2 Å². The minimum atomic E-state index is -1.05. The Kier molecular flexibility index (Phi) is 7.33. The molecule has 1 atom stereocenters. The number of aromatic nitrogens is 2. The molecule has 0 amide bonds. The van der Waals surface area contributed by atoms with Crippen LogP contribution in [0.2, 0.25) is 0 Å². The van der Waals surface area contributed by atoms with Gasteiger partial charge in [-0.15, -0.1) is 0 Å². The number of nitrogens with zero attached hydrogens (tertiary/aromatic N) is 1. The van der Waals surface area contributed by atoms with Crippen molar-refractivity contribution in [2.24, 2.45) is 0 Å². The molecule has 0 spiro atoms. The van der Waals surface area contributed by atoms with Crippen LogP contribution in [-0.4, -0.2) is 40.0 Å². The first-order valence-electron chi connectivity index (χ1n) is 11.7. The number of pyridine rings is 2. The third-order valence-electron chi connectivity index (χ3n) is 6.49. The van der Waals surface area contributed by atoms with Gasteiger partial charge in [0.2, 0.25) is 0 Å². The highest BCUT2D eigenvalue weighted by Gasteiger charge is 2.29. The van der Waals surface area contributed by atoms with Gasteiger partial charge in [-0.25, -0.2) is 0 Å². The fourth-order valence-corrected chi connectivity index (χ4v) is 4.48. The molecule has 9 heteroatoms. The minimum absolute atomic E-state index is 0.0555. The Balaban J connectivity index is 1.83. The molecule has 0 aliphatic heterocycles. The number of methoxy groups -OCH3 is 2. The van der Waals surface area contributed by atoms with E-state index in [0.29, 0.717) is 35.3 Å².